The van der Waals surface area contributed by atoms with Crippen molar-refractivity contribution < 1.29 is 24.5 Å². The fourth-order valence-electron chi connectivity index (χ4n) is 8.10. The molecule has 5 nitrogen and oxygen atoms in total. The van der Waals surface area contributed by atoms with Crippen LogP contribution >= 0.6 is 0 Å². The van der Waals surface area contributed by atoms with Crippen molar-refractivity contribution in [3.05, 3.63) is 117 Å². The molecule has 0 saturated carbocycles. The Balaban J connectivity index is 1.61. The number of rotatable bonds is 3. The first-order chi connectivity index (χ1) is 23.5. The van der Waals surface area contributed by atoms with Crippen LogP contribution in [0, 0.1) is 17.3 Å². The van der Waals surface area contributed by atoms with Crippen molar-refractivity contribution in [1.29, 1.82) is 0 Å². The molecule has 0 heterocycles. The van der Waals surface area contributed by atoms with Gasteiger partial charge in [0, 0.05) is 22.1 Å². The summed E-state index contributed by atoms with van der Waals surface area (Å²) in [6.45, 7) is 10.7. The lowest BCUT2D eigenvalue weighted by Gasteiger charge is -2.46. The Kier molecular flexibility index (Phi) is 11.7. The molecule has 0 aromatic heterocycles. The zero-order valence-corrected chi connectivity index (χ0v) is 30.1. The van der Waals surface area contributed by atoms with Crippen molar-refractivity contribution in [2.24, 2.45) is 17.3 Å². The first kappa shape index (κ1) is 36.0. The molecule has 49 heavy (non-hydrogen) atoms. The maximum absolute atomic E-state index is 13.7. The van der Waals surface area contributed by atoms with Crippen LogP contribution in [-0.2, 0) is 30.5 Å². The van der Waals surface area contributed by atoms with Crippen LogP contribution < -0.4 is 9.47 Å². The van der Waals surface area contributed by atoms with Gasteiger partial charge in [0.15, 0.2) is 0 Å². The van der Waals surface area contributed by atoms with Gasteiger partial charge in [0.2, 0.25) is 0 Å². The zero-order valence-electron chi connectivity index (χ0n) is 30.1. The summed E-state index contributed by atoms with van der Waals surface area (Å²) in [5.74, 6) is 2.03. The highest BCUT2D eigenvalue weighted by Crippen LogP contribution is 2.51. The second-order valence-corrected chi connectivity index (χ2v) is 14.6. The van der Waals surface area contributed by atoms with Gasteiger partial charge in [-0.15, -0.1) is 0 Å². The number of aromatic hydroxyl groups is 2. The summed E-state index contributed by atoms with van der Waals surface area (Å²) < 4.78 is 11.6. The monoisotopic (exact) mass is 662 g/mol. The number of phenolic OH excluding ortho intramolecular Hbond substituents is 2. The molecule has 2 aromatic rings. The molecular formula is C44H54O5. The Bertz CT molecular complexity index is 1720. The first-order valence-corrected chi connectivity index (χ1v) is 17.8. The van der Waals surface area contributed by atoms with Gasteiger partial charge in [-0.05, 0) is 133 Å². The molecule has 6 bridgehead atoms. The van der Waals surface area contributed by atoms with E-state index in [-0.39, 0.29) is 23.3 Å². The molecule has 5 aliphatic carbocycles. The lowest BCUT2D eigenvalue weighted by Crippen LogP contribution is -2.43. The minimum Gasteiger partial charge on any atom is -0.508 e. The summed E-state index contributed by atoms with van der Waals surface area (Å²) in [4.78, 5) is 13.7. The number of aldehydes is 1. The highest BCUT2D eigenvalue weighted by Gasteiger charge is 2.46. The third-order valence-electron chi connectivity index (χ3n) is 10.9. The smallest absolute Gasteiger partial charge is 0.127 e. The summed E-state index contributed by atoms with van der Waals surface area (Å²) in [5, 5.41) is 22.4. The summed E-state index contributed by atoms with van der Waals surface area (Å²) in [7, 11) is 3.37. The van der Waals surface area contributed by atoms with Crippen molar-refractivity contribution in [3.63, 3.8) is 0 Å². The number of ether oxygens (including phenoxy) is 2. The van der Waals surface area contributed by atoms with Gasteiger partial charge in [0.25, 0.3) is 0 Å². The standard InChI is InChI=1S/C44H54O5/c1-29-10-7-11-30(2)18-37-25-41(47)35(27-43(37)49-6)23-39-22-33-14-8-12-31(3)19-36-24-40(46)34(26-42(36)48-5)16-15-32(4)20-38(21-33)44(39,28-45)17-9-13-29/h9,11-13,15,21,24-28,38-39,46-47H,1,7-8,10,14,16-20,22-23H2,2-6H3/b13-9-,30-11+,31-12+,32-15-/t38-,39+,44+/m1/s1. The van der Waals surface area contributed by atoms with Crippen molar-refractivity contribution >= 4 is 6.29 Å². The predicted molar refractivity (Wildman–Crippen MR) is 200 cm³/mol. The summed E-state index contributed by atoms with van der Waals surface area (Å²) in [6.07, 6.45) is 22.7. The third kappa shape index (κ3) is 8.49. The van der Waals surface area contributed by atoms with Gasteiger partial charge in [0.05, 0.1) is 14.2 Å². The number of hydrogen-bond acceptors (Lipinski definition) is 5. The number of benzene rings is 2. The number of carbonyl (C=O) groups excluding carboxylic acids is 1. The predicted octanol–water partition coefficient (Wildman–Crippen LogP) is 10.1. The van der Waals surface area contributed by atoms with Crippen LogP contribution in [0.15, 0.2) is 95.2 Å². The van der Waals surface area contributed by atoms with E-state index < -0.39 is 5.41 Å². The van der Waals surface area contributed by atoms with E-state index >= 15 is 0 Å². The average molecular weight is 663 g/mol. The molecule has 5 heteroatoms. The van der Waals surface area contributed by atoms with E-state index in [4.69, 9.17) is 9.47 Å². The maximum atomic E-state index is 13.7. The summed E-state index contributed by atoms with van der Waals surface area (Å²) in [5.41, 5.74) is 8.92. The van der Waals surface area contributed by atoms with Crippen LogP contribution in [-0.4, -0.2) is 30.7 Å². The second-order valence-electron chi connectivity index (χ2n) is 14.6. The Morgan fingerprint density at radius 3 is 2.02 bits per heavy atom. The minimum absolute atomic E-state index is 0.0271. The van der Waals surface area contributed by atoms with Gasteiger partial charge in [-0.1, -0.05) is 70.9 Å². The Morgan fingerprint density at radius 1 is 0.776 bits per heavy atom. The van der Waals surface area contributed by atoms with E-state index in [2.05, 4.69) is 63.8 Å². The van der Waals surface area contributed by atoms with Gasteiger partial charge < -0.3 is 24.5 Å². The molecule has 5 aliphatic rings. The van der Waals surface area contributed by atoms with Crippen LogP contribution in [0.1, 0.15) is 88.0 Å². The molecule has 2 N–H and O–H groups in total. The molecule has 0 spiro atoms. The third-order valence-corrected chi connectivity index (χ3v) is 10.9. The van der Waals surface area contributed by atoms with Crippen molar-refractivity contribution in [1.82, 2.24) is 0 Å². The van der Waals surface area contributed by atoms with Gasteiger partial charge in [0.1, 0.15) is 29.3 Å². The second kappa shape index (κ2) is 16.0. The molecule has 0 saturated heterocycles. The van der Waals surface area contributed by atoms with Crippen LogP contribution in [0.4, 0.5) is 0 Å². The van der Waals surface area contributed by atoms with E-state index in [0.29, 0.717) is 32.1 Å². The number of methoxy groups -OCH3 is 2. The molecule has 0 fully saturated rings. The Hall–Kier alpha value is -4.25. The lowest BCUT2D eigenvalue weighted by molar-refractivity contribution is -0.122. The Morgan fingerprint density at radius 2 is 1.39 bits per heavy atom. The molecule has 0 unspecified atom stereocenters. The van der Waals surface area contributed by atoms with Gasteiger partial charge in [-0.25, -0.2) is 0 Å². The normalized spacial score (nSPS) is 27.7. The highest BCUT2D eigenvalue weighted by atomic mass is 16.5. The number of hydrogen-bond donors (Lipinski definition) is 2. The highest BCUT2D eigenvalue weighted by molar-refractivity contribution is 5.64. The van der Waals surface area contributed by atoms with E-state index in [1.54, 1.807) is 14.2 Å². The maximum Gasteiger partial charge on any atom is 0.127 e. The van der Waals surface area contributed by atoms with E-state index in [1.807, 2.05) is 24.3 Å². The summed E-state index contributed by atoms with van der Waals surface area (Å²) in [6, 6.07) is 7.65. The van der Waals surface area contributed by atoms with E-state index in [0.717, 1.165) is 77.9 Å². The number of carbonyl (C=O) groups is 1. The van der Waals surface area contributed by atoms with Crippen LogP contribution in [0.5, 0.6) is 23.0 Å². The first-order valence-electron chi connectivity index (χ1n) is 17.8. The van der Waals surface area contributed by atoms with Crippen LogP contribution in [0.2, 0.25) is 0 Å². The number of phenols is 2. The zero-order chi connectivity index (χ0) is 35.1. The fraction of sp³-hybridized carbons (Fsp3) is 0.432. The summed E-state index contributed by atoms with van der Waals surface area (Å²) >= 11 is 0. The molecule has 7 rings (SSSR count). The number of allylic oxidation sites excluding steroid dienone is 11. The molecular weight excluding hydrogens is 608 g/mol. The van der Waals surface area contributed by atoms with E-state index in [9.17, 15) is 15.0 Å². The fourth-order valence-corrected chi connectivity index (χ4v) is 8.10. The van der Waals surface area contributed by atoms with Crippen molar-refractivity contribution in [3.8, 4) is 23.0 Å². The van der Waals surface area contributed by atoms with Crippen LogP contribution in [0.25, 0.3) is 0 Å². The lowest BCUT2D eigenvalue weighted by atomic mass is 9.57. The molecule has 3 atom stereocenters. The van der Waals surface area contributed by atoms with Gasteiger partial charge in [-0.2, -0.15) is 0 Å². The molecule has 0 radical (unpaired) electrons. The quantitative estimate of drug-likeness (QED) is 0.253. The van der Waals surface area contributed by atoms with E-state index in [1.165, 1.54) is 28.6 Å². The topological polar surface area (TPSA) is 76.0 Å². The van der Waals surface area contributed by atoms with Crippen LogP contribution in [0.3, 0.4) is 0 Å². The van der Waals surface area contributed by atoms with Gasteiger partial charge >= 0.3 is 0 Å². The van der Waals surface area contributed by atoms with Crippen molar-refractivity contribution in [2.75, 3.05) is 14.2 Å². The van der Waals surface area contributed by atoms with Crippen molar-refractivity contribution in [2.45, 2.75) is 91.4 Å². The Labute approximate surface area is 293 Å². The van der Waals surface area contributed by atoms with Gasteiger partial charge in [-0.3, -0.25) is 0 Å². The largest absolute Gasteiger partial charge is 0.508 e. The molecule has 260 valence electrons. The molecule has 0 amide bonds. The average Bonchev–Trinajstić information content (AvgIpc) is 3.05. The SMILES string of the molecule is C=C1/C=C\C[C@@]2(C=O)[C@@H](CC3=C[C@H]2C/C(C)=C\Cc2cc(OC)c(cc2O)C/C(C)=C/CC3)Cc2cc(OC)c(cc2O)C/C(C)=C/CC1. The number of fused-ring (bicyclic) bond motifs is 15. The molecule has 2 aromatic carbocycles. The molecule has 0 aliphatic heterocycles. The minimum atomic E-state index is -0.689.